The zero-order valence-electron chi connectivity index (χ0n) is 9.94. The topological polar surface area (TPSA) is 30.7 Å². The maximum Gasteiger partial charge on any atom is 0.191 e. The first-order valence-corrected chi connectivity index (χ1v) is 7.46. The van der Waals surface area contributed by atoms with Gasteiger partial charge in [0, 0.05) is 29.3 Å². The molecular formula is C12H13Cl2N3S. The second-order valence-corrected chi connectivity index (χ2v) is 5.64. The van der Waals surface area contributed by atoms with Crippen molar-refractivity contribution in [1.82, 2.24) is 14.8 Å². The van der Waals surface area contributed by atoms with Crippen LogP contribution in [0.3, 0.4) is 0 Å². The Morgan fingerprint density at radius 1 is 1.33 bits per heavy atom. The molecule has 0 amide bonds. The number of rotatable bonds is 5. The Balaban J connectivity index is 2.20. The van der Waals surface area contributed by atoms with Crippen LogP contribution in [0.4, 0.5) is 0 Å². The van der Waals surface area contributed by atoms with Crippen molar-refractivity contribution in [3.63, 3.8) is 0 Å². The maximum absolute atomic E-state index is 5.98. The summed E-state index contributed by atoms with van der Waals surface area (Å²) in [5.41, 5.74) is 0.974. The van der Waals surface area contributed by atoms with Gasteiger partial charge in [0.05, 0.1) is 0 Å². The highest BCUT2D eigenvalue weighted by atomic mass is 35.5. The van der Waals surface area contributed by atoms with Crippen LogP contribution >= 0.6 is 35.0 Å². The van der Waals surface area contributed by atoms with Gasteiger partial charge in [-0.1, -0.05) is 35.5 Å². The molecule has 0 spiro atoms. The fraction of sp³-hybridized carbons (Fsp3) is 0.333. The first-order valence-electron chi connectivity index (χ1n) is 5.56. The molecular weight excluding hydrogens is 289 g/mol. The minimum absolute atomic E-state index is 0.673. The number of thioether (sulfide) groups is 1. The van der Waals surface area contributed by atoms with Crippen molar-refractivity contribution < 1.29 is 0 Å². The molecule has 0 saturated heterocycles. The molecule has 2 aromatic rings. The van der Waals surface area contributed by atoms with E-state index in [9.17, 15) is 0 Å². The summed E-state index contributed by atoms with van der Waals surface area (Å²) in [6, 6.07) is 7.62. The summed E-state index contributed by atoms with van der Waals surface area (Å²) in [4.78, 5) is 0. The zero-order chi connectivity index (χ0) is 13.0. The predicted octanol–water partition coefficient (Wildman–Crippen LogP) is 3.86. The van der Waals surface area contributed by atoms with Crippen LogP contribution < -0.4 is 0 Å². The molecule has 18 heavy (non-hydrogen) atoms. The van der Waals surface area contributed by atoms with E-state index in [0.29, 0.717) is 10.9 Å². The smallest absolute Gasteiger partial charge is 0.191 e. The molecule has 0 aliphatic heterocycles. The number of hydrogen-bond donors (Lipinski definition) is 0. The summed E-state index contributed by atoms with van der Waals surface area (Å²) in [5.74, 6) is 2.45. The van der Waals surface area contributed by atoms with Gasteiger partial charge in [0.25, 0.3) is 0 Å². The van der Waals surface area contributed by atoms with Crippen molar-refractivity contribution in [3.8, 4) is 11.4 Å². The molecule has 0 N–H and O–H groups in total. The molecule has 0 fully saturated rings. The van der Waals surface area contributed by atoms with Gasteiger partial charge >= 0.3 is 0 Å². The average Bonchev–Trinajstić information content (AvgIpc) is 2.72. The Kier molecular flexibility index (Phi) is 4.92. The third kappa shape index (κ3) is 3.19. The van der Waals surface area contributed by atoms with Gasteiger partial charge in [-0.15, -0.1) is 21.8 Å². The molecule has 6 heteroatoms. The van der Waals surface area contributed by atoms with E-state index in [1.807, 2.05) is 35.9 Å². The van der Waals surface area contributed by atoms with Gasteiger partial charge in [0.2, 0.25) is 0 Å². The number of nitrogens with zero attached hydrogens (tertiary/aromatic N) is 3. The number of benzene rings is 1. The van der Waals surface area contributed by atoms with Crippen LogP contribution in [0.1, 0.15) is 6.42 Å². The molecule has 0 bridgehead atoms. The van der Waals surface area contributed by atoms with Crippen LogP contribution in [-0.2, 0) is 7.05 Å². The van der Waals surface area contributed by atoms with Gasteiger partial charge in [0.15, 0.2) is 11.0 Å². The standard InChI is InChI=1S/C12H13Cl2N3S/c1-17-11(9-4-2-5-10(14)8-9)15-16-12(17)18-7-3-6-13/h2,4-5,8H,3,6-7H2,1H3. The first kappa shape index (κ1) is 13.7. The number of hydrogen-bond acceptors (Lipinski definition) is 3. The van der Waals surface area contributed by atoms with E-state index in [2.05, 4.69) is 10.2 Å². The summed E-state index contributed by atoms with van der Waals surface area (Å²) in [6.07, 6.45) is 0.964. The van der Waals surface area contributed by atoms with Crippen LogP contribution in [-0.4, -0.2) is 26.4 Å². The molecule has 0 radical (unpaired) electrons. The fourth-order valence-electron chi connectivity index (χ4n) is 1.54. The predicted molar refractivity (Wildman–Crippen MR) is 77.5 cm³/mol. The second-order valence-electron chi connectivity index (χ2n) is 3.77. The lowest BCUT2D eigenvalue weighted by Crippen LogP contribution is -1.95. The van der Waals surface area contributed by atoms with E-state index < -0.39 is 0 Å². The highest BCUT2D eigenvalue weighted by Gasteiger charge is 2.10. The SMILES string of the molecule is Cn1c(SCCCCl)nnc1-c1cccc(Cl)c1. The van der Waals surface area contributed by atoms with Crippen molar-refractivity contribution in [1.29, 1.82) is 0 Å². The fourth-order valence-corrected chi connectivity index (χ4v) is 2.87. The van der Waals surface area contributed by atoms with Gasteiger partial charge in [-0.2, -0.15) is 0 Å². The molecule has 0 aliphatic carbocycles. The quantitative estimate of drug-likeness (QED) is 0.477. The normalized spacial score (nSPS) is 10.8. The van der Waals surface area contributed by atoms with Gasteiger partial charge in [0.1, 0.15) is 0 Å². The van der Waals surface area contributed by atoms with E-state index >= 15 is 0 Å². The van der Waals surface area contributed by atoms with Crippen molar-refractivity contribution in [2.45, 2.75) is 11.6 Å². The summed E-state index contributed by atoms with van der Waals surface area (Å²) >= 11 is 13.3. The Morgan fingerprint density at radius 2 is 2.17 bits per heavy atom. The number of halogens is 2. The zero-order valence-corrected chi connectivity index (χ0v) is 12.3. The molecule has 1 aromatic carbocycles. The lowest BCUT2D eigenvalue weighted by Gasteiger charge is -2.03. The molecule has 0 atom stereocenters. The van der Waals surface area contributed by atoms with Gasteiger partial charge in [-0.05, 0) is 18.6 Å². The first-order chi connectivity index (χ1) is 8.72. The van der Waals surface area contributed by atoms with Crippen molar-refractivity contribution in [2.75, 3.05) is 11.6 Å². The highest BCUT2D eigenvalue weighted by molar-refractivity contribution is 7.99. The minimum Gasteiger partial charge on any atom is -0.305 e. The molecule has 0 aliphatic rings. The lowest BCUT2D eigenvalue weighted by atomic mass is 10.2. The van der Waals surface area contributed by atoms with Crippen LogP contribution in [0.5, 0.6) is 0 Å². The Bertz CT molecular complexity index is 528. The Hall–Kier alpha value is -0.710. The number of aromatic nitrogens is 3. The van der Waals surface area contributed by atoms with E-state index in [4.69, 9.17) is 23.2 Å². The average molecular weight is 302 g/mol. The van der Waals surface area contributed by atoms with E-state index in [-0.39, 0.29) is 0 Å². The van der Waals surface area contributed by atoms with E-state index in [0.717, 1.165) is 28.7 Å². The summed E-state index contributed by atoms with van der Waals surface area (Å²) < 4.78 is 1.98. The minimum atomic E-state index is 0.673. The van der Waals surface area contributed by atoms with Crippen molar-refractivity contribution >= 4 is 35.0 Å². The van der Waals surface area contributed by atoms with Crippen molar-refractivity contribution in [3.05, 3.63) is 29.3 Å². The molecule has 1 aromatic heterocycles. The highest BCUT2D eigenvalue weighted by Crippen LogP contribution is 2.24. The van der Waals surface area contributed by atoms with Crippen molar-refractivity contribution in [2.24, 2.45) is 7.05 Å². The molecule has 1 heterocycles. The van der Waals surface area contributed by atoms with Gasteiger partial charge in [-0.3, -0.25) is 0 Å². The summed E-state index contributed by atoms with van der Waals surface area (Å²) in [5, 5.41) is 9.99. The third-order valence-electron chi connectivity index (χ3n) is 2.43. The van der Waals surface area contributed by atoms with Gasteiger partial charge < -0.3 is 4.57 Å². The molecule has 0 unspecified atom stereocenters. The van der Waals surface area contributed by atoms with Crippen LogP contribution in [0, 0.1) is 0 Å². The number of alkyl halides is 1. The van der Waals surface area contributed by atoms with Crippen LogP contribution in [0.2, 0.25) is 5.02 Å². The van der Waals surface area contributed by atoms with Crippen LogP contribution in [0.15, 0.2) is 29.4 Å². The Labute approximate surface area is 121 Å². The maximum atomic E-state index is 5.98. The van der Waals surface area contributed by atoms with E-state index in [1.54, 1.807) is 11.8 Å². The molecule has 96 valence electrons. The third-order valence-corrected chi connectivity index (χ3v) is 4.04. The summed E-state index contributed by atoms with van der Waals surface area (Å²) in [6.45, 7) is 0. The molecule has 0 saturated carbocycles. The lowest BCUT2D eigenvalue weighted by molar-refractivity contribution is 0.793. The monoisotopic (exact) mass is 301 g/mol. The largest absolute Gasteiger partial charge is 0.305 e. The van der Waals surface area contributed by atoms with E-state index in [1.165, 1.54) is 0 Å². The molecule has 2 rings (SSSR count). The second kappa shape index (κ2) is 6.45. The summed E-state index contributed by atoms with van der Waals surface area (Å²) in [7, 11) is 1.96. The van der Waals surface area contributed by atoms with Crippen LogP contribution in [0.25, 0.3) is 11.4 Å². The van der Waals surface area contributed by atoms with Gasteiger partial charge in [-0.25, -0.2) is 0 Å². The molecule has 3 nitrogen and oxygen atoms in total. The Morgan fingerprint density at radius 3 is 2.89 bits per heavy atom.